The van der Waals surface area contributed by atoms with E-state index >= 15 is 0 Å². The lowest BCUT2D eigenvalue weighted by atomic mass is 9.98. The minimum absolute atomic E-state index is 0.102. The van der Waals surface area contributed by atoms with Crippen molar-refractivity contribution < 1.29 is 9.59 Å². The molecule has 1 atom stereocenters. The molecule has 0 spiro atoms. The highest BCUT2D eigenvalue weighted by molar-refractivity contribution is 6.30. The van der Waals surface area contributed by atoms with E-state index in [1.165, 1.54) is 9.58 Å². The maximum Gasteiger partial charge on any atom is 0.249 e. The van der Waals surface area contributed by atoms with Crippen molar-refractivity contribution in [2.45, 2.75) is 45.3 Å². The molecule has 1 unspecified atom stereocenters. The molecular formula is C26H27ClN6O2. The number of aromatic nitrogens is 4. The van der Waals surface area contributed by atoms with Crippen LogP contribution in [0.15, 0.2) is 73.1 Å². The van der Waals surface area contributed by atoms with Gasteiger partial charge in [-0.25, -0.2) is 4.68 Å². The third kappa shape index (κ3) is 5.49. The molecule has 180 valence electrons. The molecule has 0 saturated carbocycles. The molecule has 35 heavy (non-hydrogen) atoms. The lowest BCUT2D eigenvalue weighted by molar-refractivity contribution is -0.128. The van der Waals surface area contributed by atoms with Crippen molar-refractivity contribution in [2.75, 3.05) is 4.90 Å². The third-order valence-corrected chi connectivity index (χ3v) is 6.20. The van der Waals surface area contributed by atoms with Gasteiger partial charge in [0, 0.05) is 28.6 Å². The lowest BCUT2D eigenvalue weighted by Gasteiger charge is -2.34. The van der Waals surface area contributed by atoms with E-state index in [0.717, 1.165) is 11.9 Å². The average molecular weight is 491 g/mol. The Morgan fingerprint density at radius 3 is 2.43 bits per heavy atom. The van der Waals surface area contributed by atoms with Gasteiger partial charge in [-0.05, 0) is 74.4 Å². The summed E-state index contributed by atoms with van der Waals surface area (Å²) in [5, 5.41) is 11.9. The van der Waals surface area contributed by atoms with Crippen molar-refractivity contribution in [2.24, 2.45) is 0 Å². The predicted octanol–water partition coefficient (Wildman–Crippen LogP) is 4.56. The molecule has 0 aliphatic rings. The summed E-state index contributed by atoms with van der Waals surface area (Å²) in [7, 11) is 0. The molecule has 0 bridgehead atoms. The van der Waals surface area contributed by atoms with E-state index in [1.807, 2.05) is 45.0 Å². The largest absolute Gasteiger partial charge is 0.349 e. The zero-order valence-corrected chi connectivity index (χ0v) is 20.6. The van der Waals surface area contributed by atoms with E-state index in [4.69, 9.17) is 11.6 Å². The number of fused-ring (bicyclic) bond motifs is 1. The van der Waals surface area contributed by atoms with Gasteiger partial charge in [0.15, 0.2) is 0 Å². The number of rotatable bonds is 8. The molecule has 4 aromatic rings. The van der Waals surface area contributed by atoms with E-state index in [2.05, 4.69) is 20.6 Å². The smallest absolute Gasteiger partial charge is 0.249 e. The summed E-state index contributed by atoms with van der Waals surface area (Å²) in [5.74, 6) is -0.621. The number of carbonyl (C=O) groups excluding carboxylic acids is 2. The molecule has 0 radical (unpaired) electrons. The van der Waals surface area contributed by atoms with Crippen LogP contribution in [0.4, 0.5) is 5.69 Å². The number of hydrogen-bond acceptors (Lipinski definition) is 5. The van der Waals surface area contributed by atoms with Gasteiger partial charge in [-0.3, -0.25) is 19.5 Å². The normalized spacial score (nSPS) is 12.3. The van der Waals surface area contributed by atoms with Crippen LogP contribution in [0.25, 0.3) is 11.0 Å². The number of nitrogens with zero attached hydrogens (tertiary/aromatic N) is 5. The standard InChI is InChI=1S/C26H27ClN6O2/c1-4-26(2,3)29-25(35)24(18-13-15-28-16-14-18)33(20-11-9-19(27)10-12-20)23(34)17-32-22-8-6-5-7-21(22)30-31-32/h5-16,24H,4,17H2,1-3H3,(H,29,35). The average Bonchev–Trinajstić information content (AvgIpc) is 3.26. The first-order valence-electron chi connectivity index (χ1n) is 11.4. The molecule has 0 saturated heterocycles. The van der Waals surface area contributed by atoms with Crippen molar-refractivity contribution >= 4 is 40.1 Å². The van der Waals surface area contributed by atoms with Crippen molar-refractivity contribution in [3.05, 3.63) is 83.6 Å². The molecule has 2 aromatic heterocycles. The van der Waals surface area contributed by atoms with Crippen LogP contribution in [0.5, 0.6) is 0 Å². The summed E-state index contributed by atoms with van der Waals surface area (Å²) in [5.41, 5.74) is 2.13. The summed E-state index contributed by atoms with van der Waals surface area (Å²) < 4.78 is 1.54. The fraction of sp³-hybridized carbons (Fsp3) is 0.269. The van der Waals surface area contributed by atoms with Gasteiger partial charge in [0.1, 0.15) is 18.1 Å². The number of anilines is 1. The highest BCUT2D eigenvalue weighted by Crippen LogP contribution is 2.30. The number of nitrogens with one attached hydrogen (secondary N) is 1. The molecule has 0 aliphatic heterocycles. The van der Waals surface area contributed by atoms with Crippen LogP contribution < -0.4 is 10.2 Å². The maximum absolute atomic E-state index is 13.9. The van der Waals surface area contributed by atoms with Gasteiger partial charge >= 0.3 is 0 Å². The van der Waals surface area contributed by atoms with Gasteiger partial charge < -0.3 is 5.32 Å². The molecule has 8 nitrogen and oxygen atoms in total. The first-order chi connectivity index (χ1) is 16.8. The van der Waals surface area contributed by atoms with Crippen molar-refractivity contribution in [1.29, 1.82) is 0 Å². The highest BCUT2D eigenvalue weighted by atomic mass is 35.5. The van der Waals surface area contributed by atoms with Crippen LogP contribution >= 0.6 is 11.6 Å². The predicted molar refractivity (Wildman–Crippen MR) is 136 cm³/mol. The minimum atomic E-state index is -0.938. The van der Waals surface area contributed by atoms with Crippen LogP contribution in [-0.4, -0.2) is 37.3 Å². The number of hydrogen-bond donors (Lipinski definition) is 1. The molecule has 2 heterocycles. The zero-order chi connectivity index (χ0) is 25.0. The SMILES string of the molecule is CCC(C)(C)NC(=O)C(c1ccncc1)N(C(=O)Cn1nnc2ccccc21)c1ccc(Cl)cc1. The van der Waals surface area contributed by atoms with Crippen molar-refractivity contribution in [3.8, 4) is 0 Å². The Bertz CT molecular complexity index is 1320. The molecule has 2 aromatic carbocycles. The monoisotopic (exact) mass is 490 g/mol. The van der Waals surface area contributed by atoms with Crippen LogP contribution in [0, 0.1) is 0 Å². The number of amides is 2. The second kappa shape index (κ2) is 10.2. The number of para-hydroxylation sites is 1. The van der Waals surface area contributed by atoms with E-state index < -0.39 is 11.6 Å². The lowest BCUT2D eigenvalue weighted by Crippen LogP contribution is -2.51. The van der Waals surface area contributed by atoms with Crippen LogP contribution in [0.2, 0.25) is 5.02 Å². The number of halogens is 1. The zero-order valence-electron chi connectivity index (χ0n) is 19.9. The molecule has 0 fully saturated rings. The first kappa shape index (κ1) is 24.3. The Hall–Kier alpha value is -3.78. The Balaban J connectivity index is 1.79. The molecule has 2 amide bonds. The summed E-state index contributed by atoms with van der Waals surface area (Å²) in [4.78, 5) is 33.2. The summed E-state index contributed by atoms with van der Waals surface area (Å²) >= 11 is 6.13. The van der Waals surface area contributed by atoms with Gasteiger partial charge in [0.05, 0.1) is 5.52 Å². The topological polar surface area (TPSA) is 93.0 Å². The molecule has 0 aliphatic carbocycles. The number of carbonyl (C=O) groups is 2. The summed E-state index contributed by atoms with van der Waals surface area (Å²) in [6.45, 7) is 5.80. The third-order valence-electron chi connectivity index (χ3n) is 5.95. The Kier molecular flexibility index (Phi) is 7.12. The van der Waals surface area contributed by atoms with Gasteiger partial charge in [-0.2, -0.15) is 0 Å². The number of benzene rings is 2. The summed E-state index contributed by atoms with van der Waals surface area (Å²) in [6.07, 6.45) is 3.94. The van der Waals surface area contributed by atoms with Gasteiger partial charge in [-0.15, -0.1) is 5.10 Å². The fourth-order valence-electron chi connectivity index (χ4n) is 3.73. The molecule has 4 rings (SSSR count). The molecule has 1 N–H and O–H groups in total. The second-order valence-corrected chi connectivity index (χ2v) is 9.32. The van der Waals surface area contributed by atoms with Crippen molar-refractivity contribution in [1.82, 2.24) is 25.3 Å². The fourth-order valence-corrected chi connectivity index (χ4v) is 3.86. The van der Waals surface area contributed by atoms with Crippen LogP contribution in [-0.2, 0) is 16.1 Å². The van der Waals surface area contributed by atoms with Gasteiger partial charge in [0.25, 0.3) is 0 Å². The molecule has 9 heteroatoms. The highest BCUT2D eigenvalue weighted by Gasteiger charge is 2.35. The summed E-state index contributed by atoms with van der Waals surface area (Å²) in [6, 6.07) is 16.8. The van der Waals surface area contributed by atoms with E-state index in [-0.39, 0.29) is 18.4 Å². The van der Waals surface area contributed by atoms with Gasteiger partial charge in [-0.1, -0.05) is 35.9 Å². The van der Waals surface area contributed by atoms with E-state index in [0.29, 0.717) is 21.8 Å². The maximum atomic E-state index is 13.9. The van der Waals surface area contributed by atoms with Crippen LogP contribution in [0.3, 0.4) is 0 Å². The van der Waals surface area contributed by atoms with E-state index in [1.54, 1.807) is 48.8 Å². The second-order valence-electron chi connectivity index (χ2n) is 8.89. The quantitative estimate of drug-likeness (QED) is 0.391. The Morgan fingerprint density at radius 2 is 1.74 bits per heavy atom. The van der Waals surface area contributed by atoms with Gasteiger partial charge in [0.2, 0.25) is 11.8 Å². The Labute approximate surface area is 208 Å². The van der Waals surface area contributed by atoms with E-state index in [9.17, 15) is 9.59 Å². The molecular weight excluding hydrogens is 464 g/mol. The van der Waals surface area contributed by atoms with Crippen LogP contribution in [0.1, 0.15) is 38.8 Å². The van der Waals surface area contributed by atoms with Crippen molar-refractivity contribution in [3.63, 3.8) is 0 Å². The first-order valence-corrected chi connectivity index (χ1v) is 11.7. The minimum Gasteiger partial charge on any atom is -0.349 e. The Morgan fingerprint density at radius 1 is 1.06 bits per heavy atom. The number of pyridine rings is 1.